The van der Waals surface area contributed by atoms with Crippen molar-refractivity contribution in [2.75, 3.05) is 5.73 Å². The molecule has 3 nitrogen and oxygen atoms in total. The van der Waals surface area contributed by atoms with Crippen LogP contribution in [0.1, 0.15) is 12.0 Å². The van der Waals surface area contributed by atoms with Crippen LogP contribution in [0.25, 0.3) is 0 Å². The quantitative estimate of drug-likeness (QED) is 0.641. The van der Waals surface area contributed by atoms with Gasteiger partial charge in [0.05, 0.1) is 5.56 Å². The van der Waals surface area contributed by atoms with Crippen LogP contribution in [-0.4, -0.2) is 4.98 Å². The standard InChI is InChI=1S/C6H6F2N2O/c7-6(8)3-2-10-5(11)1-4(3)9/h1-2,6H,(H3,9,10,11). The van der Waals surface area contributed by atoms with E-state index >= 15 is 0 Å². The first kappa shape index (κ1) is 7.71. The predicted octanol–water partition coefficient (Wildman–Crippen LogP) is 0.895. The molecule has 1 rings (SSSR count). The molecule has 0 aliphatic heterocycles. The summed E-state index contributed by atoms with van der Waals surface area (Å²) >= 11 is 0. The van der Waals surface area contributed by atoms with Gasteiger partial charge in [0.1, 0.15) is 0 Å². The summed E-state index contributed by atoms with van der Waals surface area (Å²) in [6.07, 6.45) is -1.73. The number of hydrogen-bond donors (Lipinski definition) is 2. The van der Waals surface area contributed by atoms with Gasteiger partial charge in [0.25, 0.3) is 6.43 Å². The van der Waals surface area contributed by atoms with Crippen molar-refractivity contribution in [1.82, 2.24) is 4.98 Å². The number of hydrogen-bond acceptors (Lipinski definition) is 2. The molecule has 0 radical (unpaired) electrons. The molecule has 0 fully saturated rings. The number of anilines is 1. The van der Waals surface area contributed by atoms with E-state index in [1.807, 2.05) is 0 Å². The molecule has 0 aromatic carbocycles. The molecule has 1 heterocycles. The van der Waals surface area contributed by atoms with Gasteiger partial charge in [0.2, 0.25) is 5.56 Å². The van der Waals surface area contributed by atoms with Crippen LogP contribution in [-0.2, 0) is 0 Å². The van der Waals surface area contributed by atoms with E-state index < -0.39 is 12.0 Å². The zero-order valence-corrected chi connectivity index (χ0v) is 5.47. The Labute approximate surface area is 60.8 Å². The summed E-state index contributed by atoms with van der Waals surface area (Å²) in [6.45, 7) is 0. The second-order valence-corrected chi connectivity index (χ2v) is 2.01. The molecule has 11 heavy (non-hydrogen) atoms. The molecular formula is C6H6F2N2O. The van der Waals surface area contributed by atoms with Crippen molar-refractivity contribution in [3.63, 3.8) is 0 Å². The Hall–Kier alpha value is -1.39. The van der Waals surface area contributed by atoms with Gasteiger partial charge in [-0.3, -0.25) is 4.79 Å². The van der Waals surface area contributed by atoms with Gasteiger partial charge in [-0.25, -0.2) is 8.78 Å². The summed E-state index contributed by atoms with van der Waals surface area (Å²) in [7, 11) is 0. The van der Waals surface area contributed by atoms with E-state index in [0.717, 1.165) is 12.3 Å². The van der Waals surface area contributed by atoms with E-state index in [-0.39, 0.29) is 11.3 Å². The maximum absolute atomic E-state index is 12.0. The molecule has 0 saturated carbocycles. The second kappa shape index (κ2) is 2.69. The minimum atomic E-state index is -2.65. The minimum absolute atomic E-state index is 0.177. The van der Waals surface area contributed by atoms with Gasteiger partial charge in [0.15, 0.2) is 0 Å². The highest BCUT2D eigenvalue weighted by atomic mass is 19.3. The molecule has 0 aliphatic rings. The van der Waals surface area contributed by atoms with Crippen LogP contribution >= 0.6 is 0 Å². The number of H-pyrrole nitrogens is 1. The van der Waals surface area contributed by atoms with Crippen molar-refractivity contribution in [3.8, 4) is 0 Å². The number of nitrogens with one attached hydrogen (secondary N) is 1. The monoisotopic (exact) mass is 160 g/mol. The topological polar surface area (TPSA) is 58.9 Å². The van der Waals surface area contributed by atoms with Crippen molar-refractivity contribution in [2.45, 2.75) is 6.43 Å². The third kappa shape index (κ3) is 1.54. The molecule has 0 spiro atoms. The highest BCUT2D eigenvalue weighted by molar-refractivity contribution is 5.44. The number of nitrogens with two attached hydrogens (primary N) is 1. The summed E-state index contributed by atoms with van der Waals surface area (Å²) in [6, 6.07) is 0.932. The van der Waals surface area contributed by atoms with Crippen molar-refractivity contribution in [2.24, 2.45) is 0 Å². The van der Waals surface area contributed by atoms with Gasteiger partial charge in [0, 0.05) is 18.0 Å². The summed E-state index contributed by atoms with van der Waals surface area (Å²) in [4.78, 5) is 12.6. The van der Waals surface area contributed by atoms with Gasteiger partial charge < -0.3 is 10.7 Å². The fraction of sp³-hybridized carbons (Fsp3) is 0.167. The molecule has 60 valence electrons. The smallest absolute Gasteiger partial charge is 0.267 e. The predicted molar refractivity (Wildman–Crippen MR) is 36.4 cm³/mol. The highest BCUT2D eigenvalue weighted by Gasteiger charge is 2.10. The molecule has 3 N–H and O–H groups in total. The average Bonchev–Trinajstić information content (AvgIpc) is 1.85. The third-order valence-corrected chi connectivity index (χ3v) is 1.22. The first-order valence-corrected chi connectivity index (χ1v) is 2.87. The van der Waals surface area contributed by atoms with Crippen molar-refractivity contribution >= 4 is 5.69 Å². The maximum Gasteiger partial charge on any atom is 0.267 e. The molecule has 0 bridgehead atoms. The Morgan fingerprint density at radius 3 is 2.64 bits per heavy atom. The summed E-state index contributed by atoms with van der Waals surface area (Å²) < 4.78 is 23.9. The molecular weight excluding hydrogens is 154 g/mol. The molecule has 1 aromatic heterocycles. The van der Waals surface area contributed by atoms with Crippen molar-refractivity contribution < 1.29 is 8.78 Å². The van der Waals surface area contributed by atoms with Gasteiger partial charge in [-0.1, -0.05) is 0 Å². The molecule has 1 aromatic rings. The first-order chi connectivity index (χ1) is 5.11. The third-order valence-electron chi connectivity index (χ3n) is 1.22. The lowest BCUT2D eigenvalue weighted by Gasteiger charge is -2.00. The zero-order valence-electron chi connectivity index (χ0n) is 5.47. The van der Waals surface area contributed by atoms with Crippen LogP contribution in [0.4, 0.5) is 14.5 Å². The molecule has 0 amide bonds. The Balaban J connectivity index is 3.20. The first-order valence-electron chi connectivity index (χ1n) is 2.87. The Morgan fingerprint density at radius 1 is 1.55 bits per heavy atom. The largest absolute Gasteiger partial charge is 0.398 e. The fourth-order valence-corrected chi connectivity index (χ4v) is 0.687. The maximum atomic E-state index is 12.0. The Bertz CT molecular complexity index is 308. The number of alkyl halides is 2. The lowest BCUT2D eigenvalue weighted by atomic mass is 10.2. The highest BCUT2D eigenvalue weighted by Crippen LogP contribution is 2.21. The van der Waals surface area contributed by atoms with Crippen molar-refractivity contribution in [1.29, 1.82) is 0 Å². The summed E-state index contributed by atoms with van der Waals surface area (Å²) in [5, 5.41) is 0. The van der Waals surface area contributed by atoms with Gasteiger partial charge in [-0.2, -0.15) is 0 Å². The van der Waals surface area contributed by atoms with Gasteiger partial charge in [-0.05, 0) is 0 Å². The molecule has 5 heteroatoms. The Kier molecular flexibility index (Phi) is 1.89. The van der Waals surface area contributed by atoms with Crippen molar-refractivity contribution in [3.05, 3.63) is 28.2 Å². The lowest BCUT2D eigenvalue weighted by Crippen LogP contribution is -2.07. The number of rotatable bonds is 1. The summed E-state index contributed by atoms with van der Waals surface area (Å²) in [5.41, 5.74) is 4.12. The van der Waals surface area contributed by atoms with Crippen LogP contribution in [0.15, 0.2) is 17.1 Å². The van der Waals surface area contributed by atoms with Crippen LogP contribution in [0.3, 0.4) is 0 Å². The average molecular weight is 160 g/mol. The van der Waals surface area contributed by atoms with Crippen LogP contribution in [0.2, 0.25) is 0 Å². The zero-order chi connectivity index (χ0) is 8.43. The van der Waals surface area contributed by atoms with Gasteiger partial charge in [-0.15, -0.1) is 0 Å². The number of pyridine rings is 1. The minimum Gasteiger partial charge on any atom is -0.398 e. The normalized spacial score (nSPS) is 10.5. The van der Waals surface area contributed by atoms with Gasteiger partial charge >= 0.3 is 0 Å². The number of halogens is 2. The van der Waals surface area contributed by atoms with E-state index in [0.29, 0.717) is 0 Å². The van der Waals surface area contributed by atoms with E-state index in [9.17, 15) is 13.6 Å². The number of aromatic amines is 1. The summed E-state index contributed by atoms with van der Waals surface area (Å²) in [5.74, 6) is 0. The van der Waals surface area contributed by atoms with Crippen LogP contribution in [0, 0.1) is 0 Å². The fourth-order valence-electron chi connectivity index (χ4n) is 0.687. The van der Waals surface area contributed by atoms with E-state index in [1.54, 1.807) is 0 Å². The molecule has 0 saturated heterocycles. The van der Waals surface area contributed by atoms with Crippen LogP contribution in [0.5, 0.6) is 0 Å². The van der Waals surface area contributed by atoms with Crippen LogP contribution < -0.4 is 11.3 Å². The van der Waals surface area contributed by atoms with E-state index in [1.165, 1.54) is 0 Å². The van der Waals surface area contributed by atoms with E-state index in [2.05, 4.69) is 4.98 Å². The SMILES string of the molecule is Nc1cc(=O)[nH]cc1C(F)F. The molecule has 0 aliphatic carbocycles. The lowest BCUT2D eigenvalue weighted by molar-refractivity contribution is 0.152. The van der Waals surface area contributed by atoms with E-state index in [4.69, 9.17) is 5.73 Å². The Morgan fingerprint density at radius 2 is 2.18 bits per heavy atom. The molecule has 0 atom stereocenters. The molecule has 0 unspecified atom stereocenters. The number of aromatic nitrogens is 1. The second-order valence-electron chi connectivity index (χ2n) is 2.01. The number of nitrogen functional groups attached to an aromatic ring is 1.